The number of rotatable bonds is 7. The zero-order valence-corrected chi connectivity index (χ0v) is 17.7. The molecule has 160 valence electrons. The molecule has 0 saturated heterocycles. The average Bonchev–Trinajstić information content (AvgIpc) is 3.30. The Hall–Kier alpha value is -3.58. The molecule has 0 aliphatic heterocycles. The summed E-state index contributed by atoms with van der Waals surface area (Å²) in [6, 6.07) is 17.0. The molecule has 1 unspecified atom stereocenters. The Morgan fingerprint density at radius 1 is 1.16 bits per heavy atom. The van der Waals surface area contributed by atoms with Crippen molar-refractivity contribution < 1.29 is 9.90 Å². The van der Waals surface area contributed by atoms with Gasteiger partial charge in [-0.05, 0) is 55.7 Å². The van der Waals surface area contributed by atoms with E-state index < -0.39 is 6.04 Å². The summed E-state index contributed by atoms with van der Waals surface area (Å²) in [4.78, 5) is 15.8. The van der Waals surface area contributed by atoms with Crippen molar-refractivity contribution in [3.05, 3.63) is 83.3 Å². The number of aryl methyl sites for hydroxylation is 2. The number of aliphatic hydroxyl groups is 1. The molecule has 0 spiro atoms. The molecule has 4 rings (SSSR count). The molecular weight excluding hydrogens is 390 g/mol. The number of carbonyl (C=O) groups excluding carboxylic acids is 1. The smallest absolute Gasteiger partial charge is 0.319 e. The third-order valence-corrected chi connectivity index (χ3v) is 5.32. The van der Waals surface area contributed by atoms with E-state index in [0.29, 0.717) is 18.7 Å². The van der Waals surface area contributed by atoms with Gasteiger partial charge in [-0.2, -0.15) is 5.10 Å². The molecule has 0 aliphatic rings. The van der Waals surface area contributed by atoms with E-state index in [2.05, 4.69) is 20.7 Å². The molecule has 2 aromatic carbocycles. The van der Waals surface area contributed by atoms with E-state index >= 15 is 0 Å². The van der Waals surface area contributed by atoms with Crippen molar-refractivity contribution in [2.75, 3.05) is 11.9 Å². The normalized spacial score (nSPS) is 12.1. The Balaban J connectivity index is 1.39. The highest BCUT2D eigenvalue weighted by molar-refractivity contribution is 5.89. The Morgan fingerprint density at radius 3 is 2.77 bits per heavy atom. The van der Waals surface area contributed by atoms with Crippen LogP contribution in [0.4, 0.5) is 10.5 Å². The fourth-order valence-electron chi connectivity index (χ4n) is 3.84. The number of urea groups is 1. The summed E-state index contributed by atoms with van der Waals surface area (Å²) in [7, 11) is 0. The van der Waals surface area contributed by atoms with E-state index in [1.165, 1.54) is 0 Å². The molecule has 2 heterocycles. The number of benzene rings is 2. The number of hydrogen-bond donors (Lipinski definition) is 4. The van der Waals surface area contributed by atoms with Crippen molar-refractivity contribution >= 4 is 22.6 Å². The lowest BCUT2D eigenvalue weighted by Gasteiger charge is -2.17. The van der Waals surface area contributed by atoms with Gasteiger partial charge in [-0.15, -0.1) is 0 Å². The lowest BCUT2D eigenvalue weighted by Crippen LogP contribution is -2.41. The molecule has 0 saturated carbocycles. The highest BCUT2D eigenvalue weighted by atomic mass is 16.3. The summed E-state index contributed by atoms with van der Waals surface area (Å²) in [5.74, 6) is 0. The predicted octanol–water partition coefficient (Wildman–Crippen LogP) is 3.75. The van der Waals surface area contributed by atoms with Crippen LogP contribution in [0, 0.1) is 13.8 Å². The van der Waals surface area contributed by atoms with Gasteiger partial charge in [0, 0.05) is 28.5 Å². The predicted molar refractivity (Wildman–Crippen MR) is 122 cm³/mol. The van der Waals surface area contributed by atoms with Crippen molar-refractivity contribution in [2.24, 2.45) is 0 Å². The Kier molecular flexibility index (Phi) is 6.04. The van der Waals surface area contributed by atoms with Gasteiger partial charge in [-0.1, -0.05) is 30.3 Å². The van der Waals surface area contributed by atoms with Crippen molar-refractivity contribution in [3.63, 3.8) is 0 Å². The number of para-hydroxylation sites is 1. The number of carbonyl (C=O) groups is 1. The quantitative estimate of drug-likeness (QED) is 0.369. The average molecular weight is 418 g/mol. The minimum atomic E-state index is -0.392. The summed E-state index contributed by atoms with van der Waals surface area (Å²) in [6.07, 6.45) is 2.46. The van der Waals surface area contributed by atoms with Gasteiger partial charge in [0.1, 0.15) is 0 Å². The molecule has 0 fully saturated rings. The van der Waals surface area contributed by atoms with E-state index in [1.807, 2.05) is 79.3 Å². The third-order valence-electron chi connectivity index (χ3n) is 5.32. The van der Waals surface area contributed by atoms with Crippen LogP contribution < -0.4 is 10.6 Å². The summed E-state index contributed by atoms with van der Waals surface area (Å²) in [6.45, 7) is 4.49. The second-order valence-electron chi connectivity index (χ2n) is 7.83. The highest BCUT2D eigenvalue weighted by Gasteiger charge is 2.15. The number of H-pyrrole nitrogens is 1. The van der Waals surface area contributed by atoms with Crippen LogP contribution in [-0.2, 0) is 13.0 Å². The maximum atomic E-state index is 12.5. The molecule has 1 atom stereocenters. The fraction of sp³-hybridized carbons (Fsp3) is 0.250. The number of aromatic amines is 1. The number of nitrogens with zero attached hydrogens (tertiary/aromatic N) is 2. The van der Waals surface area contributed by atoms with Crippen LogP contribution in [0.3, 0.4) is 0 Å². The first-order valence-electron chi connectivity index (χ1n) is 10.3. The Labute approximate surface area is 181 Å². The number of fused-ring (bicyclic) bond motifs is 1. The molecule has 0 bridgehead atoms. The SMILES string of the molecule is Cc1cc(C)n(Cc2cccc(NC(=O)NC(CO)Cc3c[nH]c4ccccc34)c2)n1. The number of hydrogen-bond acceptors (Lipinski definition) is 3. The second kappa shape index (κ2) is 9.06. The van der Waals surface area contributed by atoms with Crippen molar-refractivity contribution in [3.8, 4) is 0 Å². The van der Waals surface area contributed by atoms with E-state index in [9.17, 15) is 9.90 Å². The van der Waals surface area contributed by atoms with Gasteiger partial charge < -0.3 is 20.7 Å². The lowest BCUT2D eigenvalue weighted by molar-refractivity contribution is 0.224. The van der Waals surface area contributed by atoms with E-state index in [-0.39, 0.29) is 12.6 Å². The van der Waals surface area contributed by atoms with E-state index in [0.717, 1.165) is 33.4 Å². The first-order valence-corrected chi connectivity index (χ1v) is 10.3. The fourth-order valence-corrected chi connectivity index (χ4v) is 3.84. The van der Waals surface area contributed by atoms with Gasteiger partial charge in [-0.25, -0.2) is 4.79 Å². The van der Waals surface area contributed by atoms with Gasteiger partial charge in [-0.3, -0.25) is 4.68 Å². The van der Waals surface area contributed by atoms with Gasteiger partial charge in [0.15, 0.2) is 0 Å². The number of aliphatic hydroxyl groups excluding tert-OH is 1. The zero-order chi connectivity index (χ0) is 21.8. The molecule has 2 aromatic heterocycles. The maximum Gasteiger partial charge on any atom is 0.319 e. The minimum absolute atomic E-state index is 0.148. The van der Waals surface area contributed by atoms with Crippen molar-refractivity contribution in [1.29, 1.82) is 0 Å². The van der Waals surface area contributed by atoms with Gasteiger partial charge in [0.05, 0.1) is 24.9 Å². The summed E-state index contributed by atoms with van der Waals surface area (Å²) in [5, 5.41) is 21.1. The van der Waals surface area contributed by atoms with Crippen LogP contribution in [0.2, 0.25) is 0 Å². The molecule has 31 heavy (non-hydrogen) atoms. The number of anilines is 1. The van der Waals surface area contributed by atoms with E-state index in [1.54, 1.807) is 0 Å². The highest BCUT2D eigenvalue weighted by Crippen LogP contribution is 2.19. The minimum Gasteiger partial charge on any atom is -0.394 e. The topological polar surface area (TPSA) is 95.0 Å². The molecule has 4 N–H and O–H groups in total. The second-order valence-corrected chi connectivity index (χ2v) is 7.83. The van der Waals surface area contributed by atoms with E-state index in [4.69, 9.17) is 0 Å². The Morgan fingerprint density at radius 2 is 2.00 bits per heavy atom. The van der Waals surface area contributed by atoms with Crippen LogP contribution in [0.25, 0.3) is 10.9 Å². The third kappa shape index (κ3) is 4.95. The van der Waals surface area contributed by atoms with Crippen molar-refractivity contribution in [2.45, 2.75) is 32.9 Å². The molecule has 7 heteroatoms. The van der Waals surface area contributed by atoms with Gasteiger partial charge in [0.25, 0.3) is 0 Å². The number of amides is 2. The number of nitrogens with one attached hydrogen (secondary N) is 3. The standard InChI is InChI=1S/C24H27N5O2/c1-16-10-17(2)29(28-16)14-18-6-5-7-20(11-18)26-24(31)27-21(15-30)12-19-13-25-23-9-4-3-8-22(19)23/h3-11,13,21,25,30H,12,14-15H2,1-2H3,(H2,26,27,31). The van der Waals surface area contributed by atoms with Gasteiger partial charge in [0.2, 0.25) is 0 Å². The largest absolute Gasteiger partial charge is 0.394 e. The van der Waals surface area contributed by atoms with Crippen LogP contribution >= 0.6 is 0 Å². The molecule has 0 radical (unpaired) electrons. The molecule has 2 amide bonds. The lowest BCUT2D eigenvalue weighted by atomic mass is 10.1. The van der Waals surface area contributed by atoms with Crippen LogP contribution in [0.5, 0.6) is 0 Å². The Bertz CT molecular complexity index is 1190. The van der Waals surface area contributed by atoms with Crippen LogP contribution in [-0.4, -0.2) is 38.6 Å². The summed E-state index contributed by atoms with van der Waals surface area (Å²) < 4.78 is 1.94. The van der Waals surface area contributed by atoms with Crippen molar-refractivity contribution in [1.82, 2.24) is 20.1 Å². The summed E-state index contributed by atoms with van der Waals surface area (Å²) >= 11 is 0. The zero-order valence-electron chi connectivity index (χ0n) is 17.7. The first-order chi connectivity index (χ1) is 15.0. The summed E-state index contributed by atoms with van der Waals surface area (Å²) in [5.41, 5.74) is 5.91. The molecular formula is C24H27N5O2. The monoisotopic (exact) mass is 417 g/mol. The number of aromatic nitrogens is 3. The first kappa shape index (κ1) is 20.7. The maximum absolute atomic E-state index is 12.5. The molecule has 7 nitrogen and oxygen atoms in total. The molecule has 4 aromatic rings. The van der Waals surface area contributed by atoms with Crippen LogP contribution in [0.1, 0.15) is 22.5 Å². The molecule has 0 aliphatic carbocycles. The van der Waals surface area contributed by atoms with Crippen LogP contribution in [0.15, 0.2) is 60.8 Å². The van der Waals surface area contributed by atoms with Gasteiger partial charge >= 0.3 is 6.03 Å².